The highest BCUT2D eigenvalue weighted by molar-refractivity contribution is 5.86. The quantitative estimate of drug-likeness (QED) is 0.701. The molecule has 0 bridgehead atoms. The number of esters is 1. The minimum absolute atomic E-state index is 0.329. The van der Waals surface area contributed by atoms with Gasteiger partial charge in [0.15, 0.2) is 0 Å². The van der Waals surface area contributed by atoms with Gasteiger partial charge in [-0.3, -0.25) is 4.40 Å². The van der Waals surface area contributed by atoms with Crippen molar-refractivity contribution in [1.82, 2.24) is 9.38 Å². The van der Waals surface area contributed by atoms with E-state index in [4.69, 9.17) is 4.74 Å². The zero-order valence-corrected chi connectivity index (χ0v) is 8.73. The number of hydrogen-bond donors (Lipinski definition) is 0. The Bertz CT molecular complexity index is 502. The van der Waals surface area contributed by atoms with Gasteiger partial charge in [0.1, 0.15) is 0 Å². The van der Waals surface area contributed by atoms with Crippen LogP contribution in [-0.2, 0) is 4.74 Å². The SMILES string of the molecule is CCOC(=O)c1ncc2ccc(C)cn12. The molecule has 2 aromatic heterocycles. The van der Waals surface area contributed by atoms with Crippen molar-refractivity contribution in [3.05, 3.63) is 35.9 Å². The van der Waals surface area contributed by atoms with Crippen LogP contribution in [0, 0.1) is 6.92 Å². The summed E-state index contributed by atoms with van der Waals surface area (Å²) >= 11 is 0. The molecule has 0 unspecified atom stereocenters. The molecule has 15 heavy (non-hydrogen) atoms. The van der Waals surface area contributed by atoms with Gasteiger partial charge in [-0.15, -0.1) is 0 Å². The third kappa shape index (κ3) is 1.70. The van der Waals surface area contributed by atoms with Gasteiger partial charge in [-0.05, 0) is 25.5 Å². The van der Waals surface area contributed by atoms with E-state index in [1.807, 2.05) is 25.3 Å². The van der Waals surface area contributed by atoms with Crippen LogP contribution in [0.5, 0.6) is 0 Å². The number of fused-ring (bicyclic) bond motifs is 1. The van der Waals surface area contributed by atoms with E-state index in [1.54, 1.807) is 17.5 Å². The molecule has 2 rings (SSSR count). The molecule has 2 aromatic rings. The fourth-order valence-corrected chi connectivity index (χ4v) is 1.44. The van der Waals surface area contributed by atoms with Crippen molar-refractivity contribution in [3.63, 3.8) is 0 Å². The second-order valence-electron chi connectivity index (χ2n) is 3.30. The van der Waals surface area contributed by atoms with E-state index in [1.165, 1.54) is 0 Å². The van der Waals surface area contributed by atoms with E-state index in [-0.39, 0.29) is 5.97 Å². The summed E-state index contributed by atoms with van der Waals surface area (Å²) in [7, 11) is 0. The fraction of sp³-hybridized carbons (Fsp3) is 0.273. The molecule has 0 saturated heterocycles. The summed E-state index contributed by atoms with van der Waals surface area (Å²) < 4.78 is 6.66. The van der Waals surface area contributed by atoms with Crippen LogP contribution in [-0.4, -0.2) is 22.0 Å². The summed E-state index contributed by atoms with van der Waals surface area (Å²) in [6, 6.07) is 3.90. The summed E-state index contributed by atoms with van der Waals surface area (Å²) in [5.41, 5.74) is 1.97. The second kappa shape index (κ2) is 3.73. The summed E-state index contributed by atoms with van der Waals surface area (Å²) in [4.78, 5) is 15.6. The first-order chi connectivity index (χ1) is 7.22. The highest BCUT2D eigenvalue weighted by Gasteiger charge is 2.13. The molecule has 0 radical (unpaired) electrons. The number of ether oxygens (including phenoxy) is 1. The molecule has 4 heteroatoms. The minimum Gasteiger partial charge on any atom is -0.460 e. The third-order valence-corrected chi connectivity index (χ3v) is 2.13. The number of aryl methyl sites for hydroxylation is 1. The van der Waals surface area contributed by atoms with Crippen LogP contribution >= 0.6 is 0 Å². The predicted molar refractivity (Wildman–Crippen MR) is 55.9 cm³/mol. The number of rotatable bonds is 2. The van der Waals surface area contributed by atoms with Gasteiger partial charge in [-0.25, -0.2) is 9.78 Å². The van der Waals surface area contributed by atoms with Crippen LogP contribution in [0.2, 0.25) is 0 Å². The molecule has 0 atom stereocenters. The first-order valence-electron chi connectivity index (χ1n) is 4.83. The zero-order chi connectivity index (χ0) is 10.8. The number of carbonyl (C=O) groups is 1. The lowest BCUT2D eigenvalue weighted by Gasteiger charge is -2.01. The predicted octanol–water partition coefficient (Wildman–Crippen LogP) is 1.82. The van der Waals surface area contributed by atoms with Gasteiger partial charge < -0.3 is 4.74 Å². The molecular formula is C11H12N2O2. The Labute approximate surface area is 87.5 Å². The number of hydrogen-bond acceptors (Lipinski definition) is 3. The molecule has 0 aliphatic carbocycles. The van der Waals surface area contributed by atoms with Crippen LogP contribution in [0.3, 0.4) is 0 Å². The van der Waals surface area contributed by atoms with Gasteiger partial charge in [0.2, 0.25) is 5.82 Å². The maximum Gasteiger partial charge on any atom is 0.374 e. The zero-order valence-electron chi connectivity index (χ0n) is 8.73. The molecule has 0 N–H and O–H groups in total. The Morgan fingerprint density at radius 2 is 2.33 bits per heavy atom. The second-order valence-corrected chi connectivity index (χ2v) is 3.30. The molecular weight excluding hydrogens is 192 g/mol. The van der Waals surface area contributed by atoms with E-state index in [2.05, 4.69) is 4.98 Å². The van der Waals surface area contributed by atoms with Gasteiger partial charge in [0.05, 0.1) is 18.3 Å². The first-order valence-corrected chi connectivity index (χ1v) is 4.83. The van der Waals surface area contributed by atoms with Gasteiger partial charge in [-0.2, -0.15) is 0 Å². The van der Waals surface area contributed by atoms with Crippen molar-refractivity contribution in [2.45, 2.75) is 13.8 Å². The van der Waals surface area contributed by atoms with Crippen molar-refractivity contribution in [1.29, 1.82) is 0 Å². The molecule has 0 fully saturated rings. The lowest BCUT2D eigenvalue weighted by Crippen LogP contribution is -2.09. The lowest BCUT2D eigenvalue weighted by molar-refractivity contribution is 0.0511. The first kappa shape index (κ1) is 9.71. The molecule has 2 heterocycles. The molecule has 0 aliphatic heterocycles. The van der Waals surface area contributed by atoms with E-state index >= 15 is 0 Å². The average Bonchev–Trinajstić information content (AvgIpc) is 2.60. The van der Waals surface area contributed by atoms with Gasteiger partial charge >= 0.3 is 5.97 Å². The number of aromatic nitrogens is 2. The highest BCUT2D eigenvalue weighted by atomic mass is 16.5. The summed E-state index contributed by atoms with van der Waals surface area (Å²) in [6.07, 6.45) is 3.53. The number of pyridine rings is 1. The Balaban J connectivity index is 2.52. The van der Waals surface area contributed by atoms with Crippen LogP contribution in [0.4, 0.5) is 0 Å². The van der Waals surface area contributed by atoms with Crippen LogP contribution in [0.15, 0.2) is 24.5 Å². The number of carbonyl (C=O) groups excluding carboxylic acids is 1. The Morgan fingerprint density at radius 3 is 3.07 bits per heavy atom. The number of imidazole rings is 1. The van der Waals surface area contributed by atoms with Crippen LogP contribution in [0.1, 0.15) is 23.1 Å². The normalized spacial score (nSPS) is 10.5. The van der Waals surface area contributed by atoms with E-state index < -0.39 is 0 Å². The van der Waals surface area contributed by atoms with Crippen molar-refractivity contribution in [3.8, 4) is 0 Å². The summed E-state index contributed by atoms with van der Waals surface area (Å²) in [6.45, 7) is 4.10. The van der Waals surface area contributed by atoms with E-state index in [9.17, 15) is 4.79 Å². The molecule has 0 saturated carbocycles. The molecule has 78 valence electrons. The minimum atomic E-state index is -0.386. The monoisotopic (exact) mass is 204 g/mol. The Hall–Kier alpha value is -1.84. The van der Waals surface area contributed by atoms with Gasteiger partial charge in [-0.1, -0.05) is 6.07 Å². The van der Waals surface area contributed by atoms with Gasteiger partial charge in [0, 0.05) is 6.20 Å². The summed E-state index contributed by atoms with van der Waals surface area (Å²) in [5, 5.41) is 0. The molecule has 0 aliphatic rings. The average molecular weight is 204 g/mol. The fourth-order valence-electron chi connectivity index (χ4n) is 1.44. The van der Waals surface area contributed by atoms with Crippen LogP contribution < -0.4 is 0 Å². The summed E-state index contributed by atoms with van der Waals surface area (Å²) in [5.74, 6) is -0.0568. The van der Waals surface area contributed by atoms with Crippen molar-refractivity contribution in [2.24, 2.45) is 0 Å². The molecule has 0 amide bonds. The van der Waals surface area contributed by atoms with Gasteiger partial charge in [0.25, 0.3) is 0 Å². The molecule has 0 aromatic carbocycles. The van der Waals surface area contributed by atoms with Crippen molar-refractivity contribution in [2.75, 3.05) is 6.61 Å². The smallest absolute Gasteiger partial charge is 0.374 e. The van der Waals surface area contributed by atoms with E-state index in [0.29, 0.717) is 12.4 Å². The van der Waals surface area contributed by atoms with E-state index in [0.717, 1.165) is 11.1 Å². The molecule has 4 nitrogen and oxygen atoms in total. The maximum absolute atomic E-state index is 11.5. The Kier molecular flexibility index (Phi) is 2.41. The number of nitrogens with zero attached hydrogens (tertiary/aromatic N) is 2. The maximum atomic E-state index is 11.5. The topological polar surface area (TPSA) is 43.6 Å². The highest BCUT2D eigenvalue weighted by Crippen LogP contribution is 2.09. The van der Waals surface area contributed by atoms with Crippen molar-refractivity contribution < 1.29 is 9.53 Å². The van der Waals surface area contributed by atoms with Crippen LogP contribution in [0.25, 0.3) is 5.52 Å². The largest absolute Gasteiger partial charge is 0.460 e. The molecule has 0 spiro atoms. The standard InChI is InChI=1S/C11H12N2O2/c1-3-15-11(14)10-12-6-9-5-4-8(2)7-13(9)10/h4-7H,3H2,1-2H3. The lowest BCUT2D eigenvalue weighted by atomic mass is 10.3. The third-order valence-electron chi connectivity index (χ3n) is 2.13. The van der Waals surface area contributed by atoms with Crippen molar-refractivity contribution >= 4 is 11.5 Å². The Morgan fingerprint density at radius 1 is 1.53 bits per heavy atom.